The minimum Gasteiger partial charge on any atom is -0.303 e. The molecule has 0 fully saturated rings. The van der Waals surface area contributed by atoms with Crippen molar-refractivity contribution in [3.05, 3.63) is 0 Å². The van der Waals surface area contributed by atoms with Crippen LogP contribution < -0.4 is 0 Å². The molecule has 0 saturated heterocycles. The van der Waals surface area contributed by atoms with Gasteiger partial charge in [0.15, 0.2) is 0 Å². The lowest BCUT2D eigenvalue weighted by Gasteiger charge is -2.00. The lowest BCUT2D eigenvalue weighted by molar-refractivity contribution is -0.119. The first kappa shape index (κ1) is 10.3. The summed E-state index contributed by atoms with van der Waals surface area (Å²) in [5, 5.41) is 0. The highest BCUT2D eigenvalue weighted by atomic mass is 16.1. The maximum Gasteiger partial charge on any atom is 0.130 e. The molecule has 0 N–H and O–H groups in total. The Morgan fingerprint density at radius 2 is 1.73 bits per heavy atom. The molecule has 0 saturated carbocycles. The molecule has 0 aliphatic heterocycles. The Labute approximate surface area is 68.0 Å². The van der Waals surface area contributed by atoms with Crippen LogP contribution in [0.3, 0.4) is 0 Å². The van der Waals surface area contributed by atoms with E-state index in [0.29, 0.717) is 0 Å². The van der Waals surface area contributed by atoms with E-state index in [2.05, 4.69) is 6.92 Å². The second kappa shape index (κ2) is 7.45. The highest BCUT2D eigenvalue weighted by Crippen LogP contribution is 2.06. The Balaban J connectivity index is 3.21. The predicted molar refractivity (Wildman–Crippen MR) is 44.4 cm³/mol. The van der Waals surface area contributed by atoms with Gasteiger partial charge in [0.2, 0.25) is 0 Å². The second-order valence-electron chi connectivity index (χ2n) is 2.79. The number of hydrogen-bond donors (Lipinski definition) is 0. The van der Waals surface area contributed by atoms with E-state index >= 15 is 0 Å². The van der Waals surface area contributed by atoms with Crippen molar-refractivity contribution in [1.29, 1.82) is 0 Å². The van der Waals surface area contributed by atoms with E-state index in [1.54, 1.807) is 0 Å². The van der Waals surface area contributed by atoms with E-state index in [-0.39, 0.29) is 5.92 Å². The van der Waals surface area contributed by atoms with Crippen LogP contribution >= 0.6 is 0 Å². The fourth-order valence-corrected chi connectivity index (χ4v) is 0.975. The van der Waals surface area contributed by atoms with Gasteiger partial charge >= 0.3 is 0 Å². The number of aldehydes is 2. The van der Waals surface area contributed by atoms with Crippen molar-refractivity contribution in [2.75, 3.05) is 0 Å². The van der Waals surface area contributed by atoms with Crippen molar-refractivity contribution in [3.8, 4) is 0 Å². The fraction of sp³-hybridized carbons (Fsp3) is 0.778. The molecule has 0 bridgehead atoms. The van der Waals surface area contributed by atoms with Crippen molar-refractivity contribution in [2.24, 2.45) is 5.92 Å². The largest absolute Gasteiger partial charge is 0.303 e. The van der Waals surface area contributed by atoms with E-state index in [4.69, 9.17) is 0 Å². The third kappa shape index (κ3) is 5.77. The van der Waals surface area contributed by atoms with Crippen LogP contribution in [-0.2, 0) is 9.59 Å². The van der Waals surface area contributed by atoms with Crippen molar-refractivity contribution in [3.63, 3.8) is 0 Å². The zero-order valence-electron chi connectivity index (χ0n) is 7.08. The molecular weight excluding hydrogens is 140 g/mol. The maximum absolute atomic E-state index is 10.2. The third-order valence-electron chi connectivity index (χ3n) is 1.74. The Hall–Kier alpha value is -0.660. The minimum absolute atomic E-state index is 0.355. The second-order valence-corrected chi connectivity index (χ2v) is 2.79. The average Bonchev–Trinajstić information content (AvgIpc) is 2.05. The zero-order valence-corrected chi connectivity index (χ0v) is 7.08. The molecule has 0 unspecified atom stereocenters. The number of hydrogen-bond acceptors (Lipinski definition) is 2. The monoisotopic (exact) mass is 156 g/mol. The Morgan fingerprint density at radius 3 is 2.18 bits per heavy atom. The third-order valence-corrected chi connectivity index (χ3v) is 1.74. The molecule has 0 aromatic rings. The van der Waals surface area contributed by atoms with Crippen LogP contribution in [0.15, 0.2) is 0 Å². The van der Waals surface area contributed by atoms with E-state index in [1.165, 1.54) is 12.8 Å². The van der Waals surface area contributed by atoms with E-state index < -0.39 is 0 Å². The summed E-state index contributed by atoms with van der Waals surface area (Å²) in [4.78, 5) is 20.3. The Morgan fingerprint density at radius 1 is 1.09 bits per heavy atom. The van der Waals surface area contributed by atoms with Crippen LogP contribution in [0.1, 0.15) is 39.0 Å². The van der Waals surface area contributed by atoms with Crippen LogP contribution in [0.25, 0.3) is 0 Å². The van der Waals surface area contributed by atoms with Crippen molar-refractivity contribution >= 4 is 12.6 Å². The van der Waals surface area contributed by atoms with Crippen molar-refractivity contribution < 1.29 is 9.59 Å². The minimum atomic E-state index is -0.355. The smallest absolute Gasteiger partial charge is 0.130 e. The summed E-state index contributed by atoms with van der Waals surface area (Å²) in [5.41, 5.74) is 0. The lowest BCUT2D eigenvalue weighted by atomic mass is 10.0. The summed E-state index contributed by atoms with van der Waals surface area (Å²) in [5.74, 6) is -0.355. The molecule has 11 heavy (non-hydrogen) atoms. The molecule has 0 spiro atoms. The van der Waals surface area contributed by atoms with Gasteiger partial charge < -0.3 is 9.59 Å². The van der Waals surface area contributed by atoms with Gasteiger partial charge in [-0.1, -0.05) is 32.6 Å². The number of unbranched alkanes of at least 4 members (excludes halogenated alkanes) is 3. The van der Waals surface area contributed by atoms with Gasteiger partial charge in [0.1, 0.15) is 12.6 Å². The van der Waals surface area contributed by atoms with Crippen LogP contribution in [-0.4, -0.2) is 12.6 Å². The molecule has 0 rings (SSSR count). The van der Waals surface area contributed by atoms with Gasteiger partial charge in [-0.05, 0) is 6.42 Å². The van der Waals surface area contributed by atoms with E-state index in [9.17, 15) is 9.59 Å². The van der Waals surface area contributed by atoms with E-state index in [0.717, 1.165) is 31.8 Å². The van der Waals surface area contributed by atoms with Crippen LogP contribution in [0.5, 0.6) is 0 Å². The van der Waals surface area contributed by atoms with Gasteiger partial charge in [-0.3, -0.25) is 0 Å². The molecule has 0 amide bonds. The summed E-state index contributed by atoms with van der Waals surface area (Å²) in [6, 6.07) is 0. The molecule has 0 atom stereocenters. The number of carbonyl (C=O) groups excluding carboxylic acids is 2. The van der Waals surface area contributed by atoms with Gasteiger partial charge in [0, 0.05) is 0 Å². The molecule has 0 aromatic heterocycles. The zero-order chi connectivity index (χ0) is 8.53. The van der Waals surface area contributed by atoms with E-state index in [1.807, 2.05) is 0 Å². The topological polar surface area (TPSA) is 34.1 Å². The first-order valence-electron chi connectivity index (χ1n) is 4.25. The van der Waals surface area contributed by atoms with Crippen LogP contribution in [0.4, 0.5) is 0 Å². The summed E-state index contributed by atoms with van der Waals surface area (Å²) in [7, 11) is 0. The summed E-state index contributed by atoms with van der Waals surface area (Å²) in [6.07, 6.45) is 6.72. The first-order chi connectivity index (χ1) is 5.35. The summed E-state index contributed by atoms with van der Waals surface area (Å²) >= 11 is 0. The molecule has 0 aromatic carbocycles. The molecule has 0 heterocycles. The summed E-state index contributed by atoms with van der Waals surface area (Å²) in [6.45, 7) is 2.14. The van der Waals surface area contributed by atoms with Gasteiger partial charge in [-0.2, -0.15) is 0 Å². The number of carbonyl (C=O) groups is 2. The molecule has 2 nitrogen and oxygen atoms in total. The Bertz CT molecular complexity index is 102. The van der Waals surface area contributed by atoms with Crippen molar-refractivity contribution in [2.45, 2.75) is 39.0 Å². The highest BCUT2D eigenvalue weighted by Gasteiger charge is 2.03. The molecule has 64 valence electrons. The SMILES string of the molecule is CCCCCCC(C=O)C=O. The molecule has 0 aliphatic carbocycles. The number of rotatable bonds is 7. The molecule has 0 radical (unpaired) electrons. The summed E-state index contributed by atoms with van der Waals surface area (Å²) < 4.78 is 0. The average molecular weight is 156 g/mol. The van der Waals surface area contributed by atoms with Gasteiger partial charge in [0.25, 0.3) is 0 Å². The van der Waals surface area contributed by atoms with Gasteiger partial charge in [0.05, 0.1) is 5.92 Å². The van der Waals surface area contributed by atoms with Crippen LogP contribution in [0, 0.1) is 5.92 Å². The maximum atomic E-state index is 10.2. The quantitative estimate of drug-likeness (QED) is 0.321. The first-order valence-corrected chi connectivity index (χ1v) is 4.25. The molecular formula is C9H16O2. The molecule has 0 aliphatic rings. The standard InChI is InChI=1S/C9H16O2/c1-2-3-4-5-6-9(7-10)8-11/h7-9H,2-6H2,1H3. The van der Waals surface area contributed by atoms with Gasteiger partial charge in [-0.15, -0.1) is 0 Å². The van der Waals surface area contributed by atoms with Crippen molar-refractivity contribution in [1.82, 2.24) is 0 Å². The highest BCUT2D eigenvalue weighted by molar-refractivity contribution is 5.77. The lowest BCUT2D eigenvalue weighted by Crippen LogP contribution is -2.02. The normalized spacial score (nSPS) is 10.0. The van der Waals surface area contributed by atoms with Gasteiger partial charge in [-0.25, -0.2) is 0 Å². The van der Waals surface area contributed by atoms with Crippen LogP contribution in [0.2, 0.25) is 0 Å². The molecule has 2 heteroatoms. The predicted octanol–water partition coefficient (Wildman–Crippen LogP) is 1.97. The fourth-order valence-electron chi connectivity index (χ4n) is 0.975. The Kier molecular flexibility index (Phi) is 7.00.